The summed E-state index contributed by atoms with van der Waals surface area (Å²) in [4.78, 5) is 11.1. The van der Waals surface area contributed by atoms with E-state index in [9.17, 15) is 4.79 Å². The van der Waals surface area contributed by atoms with Crippen LogP contribution in [0, 0.1) is 5.92 Å². The second kappa shape index (κ2) is 8.35. The van der Waals surface area contributed by atoms with Crippen LogP contribution in [0.2, 0.25) is 0 Å². The monoisotopic (exact) mass is 348 g/mol. The molecule has 2 aliphatic rings. The van der Waals surface area contributed by atoms with Crippen molar-refractivity contribution >= 4 is 11.5 Å². The lowest BCUT2D eigenvalue weighted by atomic mass is 9.76. The fraction of sp³-hybridized carbons (Fsp3) is 0.375. The average Bonchev–Trinajstić information content (AvgIpc) is 2.65. The maximum atomic E-state index is 11.1. The highest BCUT2D eigenvalue weighted by atomic mass is 16.4. The van der Waals surface area contributed by atoms with Crippen molar-refractivity contribution < 1.29 is 9.90 Å². The minimum absolute atomic E-state index is 0.143. The first-order valence-corrected chi connectivity index (χ1v) is 9.62. The van der Waals surface area contributed by atoms with Crippen LogP contribution in [-0.2, 0) is 4.79 Å². The van der Waals surface area contributed by atoms with Crippen LogP contribution in [0.25, 0.3) is 5.57 Å². The van der Waals surface area contributed by atoms with Gasteiger partial charge in [-0.05, 0) is 74.0 Å². The summed E-state index contributed by atoms with van der Waals surface area (Å²) in [6.07, 6.45) is 15.1. The van der Waals surface area contributed by atoms with Gasteiger partial charge in [0.15, 0.2) is 0 Å². The molecule has 26 heavy (non-hydrogen) atoms. The Bertz CT molecular complexity index is 754. The Balaban J connectivity index is 1.65. The number of aliphatic carboxylic acids is 1. The molecule has 0 amide bonds. The summed E-state index contributed by atoms with van der Waals surface area (Å²) >= 11 is 0. The van der Waals surface area contributed by atoms with Crippen LogP contribution in [-0.4, -0.2) is 11.1 Å². The zero-order valence-electron chi connectivity index (χ0n) is 15.6. The summed E-state index contributed by atoms with van der Waals surface area (Å²) in [6, 6.07) is 8.97. The fourth-order valence-electron chi connectivity index (χ4n) is 4.02. The molecule has 2 nitrogen and oxygen atoms in total. The third kappa shape index (κ3) is 4.43. The second-order valence-electron chi connectivity index (χ2n) is 7.52. The van der Waals surface area contributed by atoms with E-state index in [1.807, 2.05) is 0 Å². The van der Waals surface area contributed by atoms with E-state index < -0.39 is 5.97 Å². The van der Waals surface area contributed by atoms with Gasteiger partial charge in [0.05, 0.1) is 0 Å². The zero-order valence-corrected chi connectivity index (χ0v) is 15.6. The van der Waals surface area contributed by atoms with E-state index in [1.165, 1.54) is 22.3 Å². The molecule has 136 valence electrons. The molecule has 1 aromatic rings. The Morgan fingerprint density at radius 2 is 1.65 bits per heavy atom. The molecule has 2 heteroatoms. The number of carboxylic acid groups (broad SMARTS) is 1. The van der Waals surface area contributed by atoms with Crippen molar-refractivity contribution in [3.05, 3.63) is 77.4 Å². The maximum absolute atomic E-state index is 11.1. The van der Waals surface area contributed by atoms with Gasteiger partial charge in [-0.15, -0.1) is 0 Å². The largest absolute Gasteiger partial charge is 0.478 e. The van der Waals surface area contributed by atoms with Gasteiger partial charge in [0.1, 0.15) is 0 Å². The fourth-order valence-corrected chi connectivity index (χ4v) is 4.02. The molecule has 0 saturated heterocycles. The predicted octanol–water partition coefficient (Wildman–Crippen LogP) is 6.28. The Kier molecular flexibility index (Phi) is 5.92. The first-order valence-electron chi connectivity index (χ1n) is 9.62. The number of hydrogen-bond acceptors (Lipinski definition) is 1. The Morgan fingerprint density at radius 1 is 1.00 bits per heavy atom. The number of carboxylic acids is 1. The first-order chi connectivity index (χ1) is 12.5. The van der Waals surface area contributed by atoms with E-state index in [4.69, 9.17) is 5.11 Å². The summed E-state index contributed by atoms with van der Waals surface area (Å²) < 4.78 is 0. The molecule has 0 aliphatic heterocycles. The molecule has 0 atom stereocenters. The molecule has 1 saturated carbocycles. The van der Waals surface area contributed by atoms with Gasteiger partial charge in [0.2, 0.25) is 0 Å². The lowest BCUT2D eigenvalue weighted by Gasteiger charge is -2.29. The molecule has 0 heterocycles. The van der Waals surface area contributed by atoms with E-state index in [2.05, 4.69) is 62.1 Å². The highest BCUT2D eigenvalue weighted by Gasteiger charge is 2.26. The van der Waals surface area contributed by atoms with Crippen molar-refractivity contribution in [2.24, 2.45) is 5.92 Å². The summed E-state index contributed by atoms with van der Waals surface area (Å²) in [5, 5.41) is 9.11. The third-order valence-electron chi connectivity index (χ3n) is 5.73. The highest BCUT2D eigenvalue weighted by molar-refractivity contribution is 5.86. The summed E-state index contributed by atoms with van der Waals surface area (Å²) in [5.74, 6) is -0.165. The molecule has 1 N–H and O–H groups in total. The third-order valence-corrected chi connectivity index (χ3v) is 5.73. The van der Waals surface area contributed by atoms with Crippen LogP contribution in [0.5, 0.6) is 0 Å². The predicted molar refractivity (Wildman–Crippen MR) is 108 cm³/mol. The highest BCUT2D eigenvalue weighted by Crippen LogP contribution is 2.38. The smallest absolute Gasteiger partial charge is 0.331 e. The number of rotatable bonds is 4. The standard InChI is InChI=1S/C24H28O2/c1-17-5-3-4-6-20(8-7-17)21-13-15-23(16-14-21)22-11-9-19(10-12-22)18(2)24(25)26/h5-8,13-16,19,22H,2-4,9-12H2,1H3,(H,25,26)/b8-7-,17-5-,20-6?. The van der Waals surface area contributed by atoms with Gasteiger partial charge in [-0.25, -0.2) is 4.79 Å². The van der Waals surface area contributed by atoms with E-state index >= 15 is 0 Å². The lowest BCUT2D eigenvalue weighted by Crippen LogP contribution is -2.18. The van der Waals surface area contributed by atoms with Crippen molar-refractivity contribution in [1.82, 2.24) is 0 Å². The van der Waals surface area contributed by atoms with Crippen molar-refractivity contribution in [2.45, 2.75) is 51.4 Å². The quantitative estimate of drug-likeness (QED) is 0.650. The van der Waals surface area contributed by atoms with Crippen molar-refractivity contribution in [1.29, 1.82) is 0 Å². The number of benzene rings is 1. The summed E-state index contributed by atoms with van der Waals surface area (Å²) in [7, 11) is 0. The van der Waals surface area contributed by atoms with E-state index in [0.717, 1.165) is 38.5 Å². The lowest BCUT2D eigenvalue weighted by molar-refractivity contribution is -0.133. The minimum atomic E-state index is -0.844. The maximum Gasteiger partial charge on any atom is 0.331 e. The van der Waals surface area contributed by atoms with E-state index in [-0.39, 0.29) is 5.92 Å². The Labute approximate surface area is 156 Å². The van der Waals surface area contributed by atoms with Crippen molar-refractivity contribution in [2.75, 3.05) is 0 Å². The van der Waals surface area contributed by atoms with Gasteiger partial charge in [0.25, 0.3) is 0 Å². The van der Waals surface area contributed by atoms with Gasteiger partial charge >= 0.3 is 5.97 Å². The van der Waals surface area contributed by atoms with Gasteiger partial charge in [0, 0.05) is 5.57 Å². The van der Waals surface area contributed by atoms with Crippen LogP contribution in [0.3, 0.4) is 0 Å². The molecular formula is C24H28O2. The molecule has 1 fully saturated rings. The first kappa shape index (κ1) is 18.4. The molecule has 0 spiro atoms. The van der Waals surface area contributed by atoms with Crippen LogP contribution < -0.4 is 0 Å². The molecule has 0 bridgehead atoms. The van der Waals surface area contributed by atoms with Crippen LogP contribution >= 0.6 is 0 Å². The Hall–Kier alpha value is -2.35. The van der Waals surface area contributed by atoms with Crippen LogP contribution in [0.1, 0.15) is 62.5 Å². The number of carbonyl (C=O) groups is 1. The normalized spacial score (nSPS) is 26.7. The van der Waals surface area contributed by atoms with Gasteiger partial charge in [-0.3, -0.25) is 0 Å². The minimum Gasteiger partial charge on any atom is -0.478 e. The molecular weight excluding hydrogens is 320 g/mol. The zero-order chi connectivity index (χ0) is 18.5. The molecule has 0 unspecified atom stereocenters. The Morgan fingerprint density at radius 3 is 2.31 bits per heavy atom. The van der Waals surface area contributed by atoms with E-state index in [0.29, 0.717) is 11.5 Å². The van der Waals surface area contributed by atoms with Gasteiger partial charge in [-0.2, -0.15) is 0 Å². The summed E-state index contributed by atoms with van der Waals surface area (Å²) in [6.45, 7) is 5.89. The second-order valence-corrected chi connectivity index (χ2v) is 7.52. The molecule has 0 radical (unpaired) electrons. The van der Waals surface area contributed by atoms with Gasteiger partial charge < -0.3 is 5.11 Å². The van der Waals surface area contributed by atoms with E-state index in [1.54, 1.807) is 0 Å². The summed E-state index contributed by atoms with van der Waals surface area (Å²) in [5.41, 5.74) is 5.65. The topological polar surface area (TPSA) is 37.3 Å². The molecule has 1 aromatic carbocycles. The number of hydrogen-bond donors (Lipinski definition) is 1. The van der Waals surface area contributed by atoms with Gasteiger partial charge in [-0.1, -0.05) is 60.7 Å². The van der Waals surface area contributed by atoms with Crippen molar-refractivity contribution in [3.8, 4) is 0 Å². The average molecular weight is 348 g/mol. The van der Waals surface area contributed by atoms with Crippen LogP contribution in [0.15, 0.2) is 66.3 Å². The molecule has 2 aliphatic carbocycles. The molecule has 0 aromatic heterocycles. The SMILES string of the molecule is C=C(C(=O)O)C1CCC(c2ccc(C3=CCC/C=C(C)\C=C/3)cc2)CC1. The van der Waals surface area contributed by atoms with Crippen LogP contribution in [0.4, 0.5) is 0 Å². The molecule has 3 rings (SSSR count). The number of allylic oxidation sites excluding steroid dienone is 6. The van der Waals surface area contributed by atoms with Crippen molar-refractivity contribution in [3.63, 3.8) is 0 Å².